The second kappa shape index (κ2) is 8.31. The molecule has 3 aromatic rings. The standard InChI is InChI=1S/C21H18ClNO4S/c22-17-15-8-4-5-9-16(15)28-19(17)21(25)27-18(14-6-2-1-3-7-14)20(24)23-10-12-26-13-11-23/h1-9,18H,10-13H2/t18-/m0/s1. The number of carbonyl (C=O) groups excluding carboxylic acids is 2. The molecule has 1 aliphatic rings. The first kappa shape index (κ1) is 18.9. The summed E-state index contributed by atoms with van der Waals surface area (Å²) >= 11 is 7.67. The Kier molecular flexibility index (Phi) is 5.62. The fourth-order valence-corrected chi connectivity index (χ4v) is 4.54. The summed E-state index contributed by atoms with van der Waals surface area (Å²) in [4.78, 5) is 28.0. The Morgan fingerprint density at radius 1 is 1.04 bits per heavy atom. The van der Waals surface area contributed by atoms with Gasteiger partial charge in [-0.05, 0) is 6.07 Å². The molecule has 144 valence electrons. The van der Waals surface area contributed by atoms with E-state index >= 15 is 0 Å². The first-order valence-electron chi connectivity index (χ1n) is 8.94. The van der Waals surface area contributed by atoms with Crippen molar-refractivity contribution in [1.29, 1.82) is 0 Å². The van der Waals surface area contributed by atoms with Crippen LogP contribution in [0.1, 0.15) is 21.3 Å². The van der Waals surface area contributed by atoms with Crippen molar-refractivity contribution in [3.05, 3.63) is 70.1 Å². The Bertz CT molecular complexity index is 998. The van der Waals surface area contributed by atoms with E-state index in [0.717, 1.165) is 10.1 Å². The van der Waals surface area contributed by atoms with Gasteiger partial charge in [-0.2, -0.15) is 0 Å². The van der Waals surface area contributed by atoms with E-state index < -0.39 is 12.1 Å². The first-order valence-corrected chi connectivity index (χ1v) is 10.1. The van der Waals surface area contributed by atoms with Crippen molar-refractivity contribution >= 4 is 44.9 Å². The average molecular weight is 416 g/mol. The SMILES string of the molecule is O=C(O[C@H](C(=O)N1CCOCC1)c1ccccc1)c1sc2ccccc2c1Cl. The summed E-state index contributed by atoms with van der Waals surface area (Å²) < 4.78 is 11.9. The van der Waals surface area contributed by atoms with Gasteiger partial charge in [0.25, 0.3) is 5.91 Å². The Balaban J connectivity index is 1.63. The van der Waals surface area contributed by atoms with E-state index in [1.807, 2.05) is 42.5 Å². The van der Waals surface area contributed by atoms with Crippen LogP contribution >= 0.6 is 22.9 Å². The highest BCUT2D eigenvalue weighted by Crippen LogP contribution is 2.36. The lowest BCUT2D eigenvalue weighted by atomic mass is 10.1. The minimum atomic E-state index is -1.02. The van der Waals surface area contributed by atoms with Crippen molar-refractivity contribution in [3.8, 4) is 0 Å². The van der Waals surface area contributed by atoms with Crippen LogP contribution in [0, 0.1) is 0 Å². The third-order valence-electron chi connectivity index (χ3n) is 4.59. The molecular weight excluding hydrogens is 398 g/mol. The monoisotopic (exact) mass is 415 g/mol. The first-order chi connectivity index (χ1) is 13.6. The molecule has 1 fully saturated rings. The van der Waals surface area contributed by atoms with Crippen LogP contribution in [0.5, 0.6) is 0 Å². The highest BCUT2D eigenvalue weighted by Gasteiger charge is 2.32. The Morgan fingerprint density at radius 2 is 1.71 bits per heavy atom. The van der Waals surface area contributed by atoms with Crippen LogP contribution in [-0.2, 0) is 14.3 Å². The van der Waals surface area contributed by atoms with Crippen LogP contribution in [0.25, 0.3) is 10.1 Å². The highest BCUT2D eigenvalue weighted by molar-refractivity contribution is 7.21. The molecule has 0 spiro atoms. The summed E-state index contributed by atoms with van der Waals surface area (Å²) in [7, 11) is 0. The number of fused-ring (bicyclic) bond motifs is 1. The normalized spacial score (nSPS) is 15.4. The molecule has 1 aromatic heterocycles. The molecule has 0 unspecified atom stereocenters. The number of esters is 1. The van der Waals surface area contributed by atoms with Crippen LogP contribution in [-0.4, -0.2) is 43.1 Å². The number of ether oxygens (including phenoxy) is 2. The number of hydrogen-bond acceptors (Lipinski definition) is 5. The van der Waals surface area contributed by atoms with Crippen molar-refractivity contribution in [1.82, 2.24) is 4.90 Å². The highest BCUT2D eigenvalue weighted by atomic mass is 35.5. The van der Waals surface area contributed by atoms with Gasteiger partial charge >= 0.3 is 5.97 Å². The predicted molar refractivity (Wildman–Crippen MR) is 109 cm³/mol. The molecule has 7 heteroatoms. The maximum atomic E-state index is 13.1. The molecule has 0 N–H and O–H groups in total. The van der Waals surface area contributed by atoms with Gasteiger partial charge in [0.1, 0.15) is 4.88 Å². The molecule has 0 saturated carbocycles. The maximum absolute atomic E-state index is 13.1. The van der Waals surface area contributed by atoms with Gasteiger partial charge in [0.15, 0.2) is 0 Å². The van der Waals surface area contributed by atoms with Gasteiger partial charge < -0.3 is 14.4 Å². The molecule has 0 bridgehead atoms. The number of halogens is 1. The van der Waals surface area contributed by atoms with E-state index in [4.69, 9.17) is 21.1 Å². The summed E-state index contributed by atoms with van der Waals surface area (Å²) in [6, 6.07) is 16.6. The van der Waals surface area contributed by atoms with Crippen molar-refractivity contribution in [2.45, 2.75) is 6.10 Å². The van der Waals surface area contributed by atoms with Crippen LogP contribution in [0.3, 0.4) is 0 Å². The van der Waals surface area contributed by atoms with E-state index in [9.17, 15) is 9.59 Å². The van der Waals surface area contributed by atoms with E-state index in [1.54, 1.807) is 17.0 Å². The predicted octanol–water partition coefficient (Wildman–Crippen LogP) is 4.31. The molecule has 2 aromatic carbocycles. The second-order valence-corrected chi connectivity index (χ2v) is 7.81. The molecule has 1 aliphatic heterocycles. The van der Waals surface area contributed by atoms with Crippen LogP contribution < -0.4 is 0 Å². The summed E-state index contributed by atoms with van der Waals surface area (Å²) in [5.41, 5.74) is 0.629. The van der Waals surface area contributed by atoms with Gasteiger partial charge in [-0.1, -0.05) is 60.1 Å². The molecule has 0 aliphatic carbocycles. The lowest BCUT2D eigenvalue weighted by Crippen LogP contribution is -2.44. The maximum Gasteiger partial charge on any atom is 0.351 e. The number of amides is 1. The number of carbonyl (C=O) groups is 2. The Morgan fingerprint density at radius 3 is 2.43 bits per heavy atom. The third-order valence-corrected chi connectivity index (χ3v) is 6.25. The minimum absolute atomic E-state index is 0.250. The van der Waals surface area contributed by atoms with Crippen LogP contribution in [0.2, 0.25) is 5.02 Å². The fraction of sp³-hybridized carbons (Fsp3) is 0.238. The number of hydrogen-bond donors (Lipinski definition) is 0. The van der Waals surface area contributed by atoms with E-state index in [1.165, 1.54) is 11.3 Å². The van der Waals surface area contributed by atoms with Gasteiger partial charge in [-0.25, -0.2) is 4.79 Å². The lowest BCUT2D eigenvalue weighted by Gasteiger charge is -2.30. The molecule has 5 nitrogen and oxygen atoms in total. The zero-order valence-corrected chi connectivity index (χ0v) is 16.5. The van der Waals surface area contributed by atoms with Crippen molar-refractivity contribution in [2.24, 2.45) is 0 Å². The quantitative estimate of drug-likeness (QED) is 0.596. The largest absolute Gasteiger partial charge is 0.443 e. The lowest BCUT2D eigenvalue weighted by molar-refractivity contribution is -0.145. The topological polar surface area (TPSA) is 55.8 Å². The van der Waals surface area contributed by atoms with Crippen molar-refractivity contribution in [2.75, 3.05) is 26.3 Å². The van der Waals surface area contributed by atoms with Gasteiger partial charge in [0, 0.05) is 28.7 Å². The molecule has 4 rings (SSSR count). The van der Waals surface area contributed by atoms with E-state index in [0.29, 0.717) is 41.8 Å². The fourth-order valence-electron chi connectivity index (χ4n) is 3.14. The summed E-state index contributed by atoms with van der Waals surface area (Å²) in [5.74, 6) is -0.846. The number of thiophene rings is 1. The third kappa shape index (κ3) is 3.76. The van der Waals surface area contributed by atoms with Gasteiger partial charge in [-0.3, -0.25) is 4.79 Å². The van der Waals surface area contributed by atoms with E-state index in [-0.39, 0.29) is 5.91 Å². The molecule has 2 heterocycles. The van der Waals surface area contributed by atoms with Crippen molar-refractivity contribution in [3.63, 3.8) is 0 Å². The second-order valence-electron chi connectivity index (χ2n) is 6.38. The van der Waals surface area contributed by atoms with Gasteiger partial charge in [-0.15, -0.1) is 11.3 Å². The molecule has 0 radical (unpaired) electrons. The number of benzene rings is 2. The smallest absolute Gasteiger partial charge is 0.351 e. The Hall–Kier alpha value is -2.41. The number of nitrogens with zero attached hydrogens (tertiary/aromatic N) is 1. The number of morpholine rings is 1. The molecule has 28 heavy (non-hydrogen) atoms. The zero-order valence-electron chi connectivity index (χ0n) is 15.0. The van der Waals surface area contributed by atoms with Gasteiger partial charge in [0.05, 0.1) is 18.2 Å². The van der Waals surface area contributed by atoms with Crippen LogP contribution in [0.4, 0.5) is 0 Å². The van der Waals surface area contributed by atoms with Crippen LogP contribution in [0.15, 0.2) is 54.6 Å². The summed E-state index contributed by atoms with van der Waals surface area (Å²) in [6.45, 7) is 1.90. The molecule has 1 amide bonds. The summed E-state index contributed by atoms with van der Waals surface area (Å²) in [6.07, 6.45) is -1.02. The zero-order chi connectivity index (χ0) is 19.5. The average Bonchev–Trinajstić information content (AvgIpc) is 3.09. The summed E-state index contributed by atoms with van der Waals surface area (Å²) in [5, 5.41) is 1.16. The van der Waals surface area contributed by atoms with Crippen molar-refractivity contribution < 1.29 is 19.1 Å². The molecular formula is C21H18ClNO4S. The molecule has 1 atom stereocenters. The number of rotatable bonds is 4. The van der Waals surface area contributed by atoms with E-state index in [2.05, 4.69) is 0 Å². The molecule has 1 saturated heterocycles. The Labute approximate surface area is 171 Å². The minimum Gasteiger partial charge on any atom is -0.443 e. The van der Waals surface area contributed by atoms with Gasteiger partial charge in [0.2, 0.25) is 6.10 Å².